The number of carbonyl (C=O) groups is 1. The third kappa shape index (κ3) is 3.11. The molecule has 2 fully saturated rings. The van der Waals surface area contributed by atoms with Gasteiger partial charge in [0.15, 0.2) is 15.6 Å². The maximum absolute atomic E-state index is 12.7. The molecule has 3 rings (SSSR count). The molecule has 0 aliphatic carbocycles. The zero-order valence-electron chi connectivity index (χ0n) is 12.5. The Morgan fingerprint density at radius 3 is 2.35 bits per heavy atom. The molecule has 2 aliphatic rings. The number of hydrogen-bond acceptors (Lipinski definition) is 4. The van der Waals surface area contributed by atoms with E-state index < -0.39 is 32.9 Å². The van der Waals surface area contributed by atoms with Gasteiger partial charge >= 0.3 is 6.61 Å². The summed E-state index contributed by atoms with van der Waals surface area (Å²) < 4.78 is 53.9. The highest BCUT2D eigenvalue weighted by molar-refractivity contribution is 7.92. The van der Waals surface area contributed by atoms with Gasteiger partial charge in [-0.2, -0.15) is 8.78 Å². The number of carbonyl (C=O) groups excluding carboxylic acids is 1. The minimum absolute atomic E-state index is 0.107. The number of Topliss-reactive ketones (excluding diaryl/α,β-unsaturated/α-hetero) is 1. The van der Waals surface area contributed by atoms with Crippen molar-refractivity contribution in [2.75, 3.05) is 0 Å². The van der Waals surface area contributed by atoms with Crippen LogP contribution in [0, 0.1) is 5.92 Å². The Labute approximate surface area is 133 Å². The summed E-state index contributed by atoms with van der Waals surface area (Å²) in [6, 6.07) is 5.90. The van der Waals surface area contributed by atoms with E-state index in [0.29, 0.717) is 12.8 Å². The van der Waals surface area contributed by atoms with E-state index >= 15 is 0 Å². The lowest BCUT2D eigenvalue weighted by atomic mass is 9.84. The third-order valence-corrected chi connectivity index (χ3v) is 7.53. The molecule has 1 aromatic carbocycles. The van der Waals surface area contributed by atoms with Gasteiger partial charge in [-0.05, 0) is 37.8 Å². The van der Waals surface area contributed by atoms with Gasteiger partial charge in [0, 0.05) is 5.92 Å². The number of fused-ring (bicyclic) bond motifs is 2. The van der Waals surface area contributed by atoms with Crippen LogP contribution in [0.1, 0.15) is 42.5 Å². The fraction of sp³-hybridized carbons (Fsp3) is 0.562. The van der Waals surface area contributed by atoms with E-state index in [0.717, 1.165) is 6.42 Å². The molecule has 0 saturated carbocycles. The van der Waals surface area contributed by atoms with Crippen LogP contribution in [0.25, 0.3) is 0 Å². The quantitative estimate of drug-likeness (QED) is 0.787. The molecule has 2 atom stereocenters. The van der Waals surface area contributed by atoms with Gasteiger partial charge in [-0.1, -0.05) is 18.6 Å². The van der Waals surface area contributed by atoms with Crippen molar-refractivity contribution < 1.29 is 26.7 Å². The number of alkyl halides is 2. The first kappa shape index (κ1) is 16.4. The molecular formula is C16H18F2O4S. The maximum atomic E-state index is 12.7. The van der Waals surface area contributed by atoms with Gasteiger partial charge in [-0.25, -0.2) is 8.42 Å². The molecule has 7 heteroatoms. The number of ether oxygens (including phenoxy) is 1. The number of sulfone groups is 1. The minimum atomic E-state index is -3.15. The van der Waals surface area contributed by atoms with Crippen molar-refractivity contribution in [2.24, 2.45) is 5.92 Å². The molecule has 0 spiro atoms. The number of halogens is 2. The molecule has 2 aliphatic heterocycles. The van der Waals surface area contributed by atoms with E-state index in [1.165, 1.54) is 18.2 Å². The summed E-state index contributed by atoms with van der Waals surface area (Å²) >= 11 is 0. The lowest BCUT2D eigenvalue weighted by Crippen LogP contribution is -2.45. The second kappa shape index (κ2) is 6.19. The van der Waals surface area contributed by atoms with Crippen LogP contribution in [-0.4, -0.2) is 31.3 Å². The van der Waals surface area contributed by atoms with E-state index in [1.807, 2.05) is 0 Å². The molecule has 23 heavy (non-hydrogen) atoms. The van der Waals surface area contributed by atoms with E-state index in [4.69, 9.17) is 0 Å². The Bertz CT molecular complexity index is 682. The van der Waals surface area contributed by atoms with Crippen LogP contribution < -0.4 is 4.74 Å². The van der Waals surface area contributed by atoms with E-state index in [9.17, 15) is 22.0 Å². The molecule has 0 N–H and O–H groups in total. The summed E-state index contributed by atoms with van der Waals surface area (Å²) in [6.45, 7) is -3.00. The van der Waals surface area contributed by atoms with Gasteiger partial charge in [0.1, 0.15) is 5.75 Å². The topological polar surface area (TPSA) is 60.4 Å². The number of para-hydroxylation sites is 1. The second-order valence-electron chi connectivity index (χ2n) is 6.17. The summed E-state index contributed by atoms with van der Waals surface area (Å²) in [5.41, 5.74) is 0.107. The SMILES string of the molecule is O=C(c1ccccc1OC(F)F)C1CC2CCCC(C1)S2(=O)=O. The lowest BCUT2D eigenvalue weighted by Gasteiger charge is -2.38. The fourth-order valence-electron chi connectivity index (χ4n) is 3.71. The van der Waals surface area contributed by atoms with Crippen LogP contribution in [0.3, 0.4) is 0 Å². The van der Waals surface area contributed by atoms with Crippen molar-refractivity contribution >= 4 is 15.6 Å². The van der Waals surface area contributed by atoms with Gasteiger partial charge in [0.05, 0.1) is 16.1 Å². The Hall–Kier alpha value is -1.50. The molecule has 1 aromatic rings. The van der Waals surface area contributed by atoms with Crippen LogP contribution in [-0.2, 0) is 9.84 Å². The first-order valence-corrected chi connectivity index (χ1v) is 9.31. The first-order chi connectivity index (χ1) is 10.9. The Morgan fingerprint density at radius 2 is 1.74 bits per heavy atom. The average Bonchev–Trinajstić information content (AvgIpc) is 2.45. The maximum Gasteiger partial charge on any atom is 0.387 e. The summed E-state index contributed by atoms with van der Waals surface area (Å²) in [7, 11) is -3.15. The fourth-order valence-corrected chi connectivity index (χ4v) is 6.25. The first-order valence-electron chi connectivity index (χ1n) is 7.70. The van der Waals surface area contributed by atoms with Crippen molar-refractivity contribution in [3.05, 3.63) is 29.8 Å². The standard InChI is InChI=1S/C16H18F2O4S/c17-16(18)22-14-7-2-1-6-13(14)15(19)10-8-11-4-3-5-12(9-10)23(11,20)21/h1-2,6-7,10-12,16H,3-5,8-9H2. The number of rotatable bonds is 4. The Kier molecular flexibility index (Phi) is 4.40. The lowest BCUT2D eigenvalue weighted by molar-refractivity contribution is -0.0502. The average molecular weight is 344 g/mol. The number of hydrogen-bond donors (Lipinski definition) is 0. The number of benzene rings is 1. The van der Waals surface area contributed by atoms with Gasteiger partial charge < -0.3 is 4.74 Å². The molecule has 0 amide bonds. The highest BCUT2D eigenvalue weighted by Gasteiger charge is 2.46. The largest absolute Gasteiger partial charge is 0.434 e. The van der Waals surface area contributed by atoms with Crippen molar-refractivity contribution in [1.29, 1.82) is 0 Å². The van der Waals surface area contributed by atoms with Gasteiger partial charge in [0.2, 0.25) is 0 Å². The molecule has 4 nitrogen and oxygen atoms in total. The predicted molar refractivity (Wildman–Crippen MR) is 80.5 cm³/mol. The summed E-state index contributed by atoms with van der Waals surface area (Å²) in [5, 5.41) is -0.959. The molecule has 2 heterocycles. The van der Waals surface area contributed by atoms with Crippen molar-refractivity contribution in [3.8, 4) is 5.75 Å². The van der Waals surface area contributed by atoms with Crippen molar-refractivity contribution in [2.45, 2.75) is 49.2 Å². The van der Waals surface area contributed by atoms with Crippen LogP contribution in [0.4, 0.5) is 8.78 Å². The molecule has 126 valence electrons. The van der Waals surface area contributed by atoms with E-state index in [1.54, 1.807) is 6.07 Å². The molecule has 0 radical (unpaired) electrons. The van der Waals surface area contributed by atoms with Gasteiger partial charge in [0.25, 0.3) is 0 Å². The zero-order chi connectivity index (χ0) is 16.6. The number of ketones is 1. The van der Waals surface area contributed by atoms with E-state index in [-0.39, 0.29) is 29.9 Å². The molecule has 2 saturated heterocycles. The minimum Gasteiger partial charge on any atom is -0.434 e. The molecule has 2 bridgehead atoms. The highest BCUT2D eigenvalue weighted by Crippen LogP contribution is 2.41. The van der Waals surface area contributed by atoms with Crippen LogP contribution >= 0.6 is 0 Å². The normalized spacial score (nSPS) is 29.3. The van der Waals surface area contributed by atoms with Crippen molar-refractivity contribution in [1.82, 2.24) is 0 Å². The second-order valence-corrected chi connectivity index (χ2v) is 8.68. The Morgan fingerprint density at radius 1 is 1.13 bits per heavy atom. The van der Waals surface area contributed by atoms with Crippen LogP contribution in [0.2, 0.25) is 0 Å². The predicted octanol–water partition coefficient (Wildman–Crippen LogP) is 3.22. The smallest absolute Gasteiger partial charge is 0.387 e. The zero-order valence-corrected chi connectivity index (χ0v) is 13.3. The summed E-state index contributed by atoms with van der Waals surface area (Å²) in [5.74, 6) is -0.893. The highest BCUT2D eigenvalue weighted by atomic mass is 32.2. The van der Waals surface area contributed by atoms with Crippen LogP contribution in [0.15, 0.2) is 24.3 Å². The monoisotopic (exact) mass is 344 g/mol. The van der Waals surface area contributed by atoms with Crippen molar-refractivity contribution in [3.63, 3.8) is 0 Å². The van der Waals surface area contributed by atoms with Gasteiger partial charge in [-0.3, -0.25) is 4.79 Å². The molecule has 0 aromatic heterocycles. The van der Waals surface area contributed by atoms with E-state index in [2.05, 4.69) is 4.74 Å². The summed E-state index contributed by atoms with van der Waals surface area (Å²) in [6.07, 6.45) is 2.58. The molecule has 2 unspecified atom stereocenters. The third-order valence-electron chi connectivity index (χ3n) is 4.82. The van der Waals surface area contributed by atoms with Gasteiger partial charge in [-0.15, -0.1) is 0 Å². The Balaban J connectivity index is 1.85. The molecular weight excluding hydrogens is 326 g/mol. The van der Waals surface area contributed by atoms with Crippen LogP contribution in [0.5, 0.6) is 5.75 Å². The summed E-state index contributed by atoms with van der Waals surface area (Å²) in [4.78, 5) is 12.7.